The van der Waals surface area contributed by atoms with Crippen LogP contribution in [0.4, 0.5) is 5.69 Å². The highest BCUT2D eigenvalue weighted by atomic mass is 32.2. The minimum absolute atomic E-state index is 0.177. The maximum absolute atomic E-state index is 12.6. The van der Waals surface area contributed by atoms with Gasteiger partial charge in [0.2, 0.25) is 15.9 Å². The van der Waals surface area contributed by atoms with Gasteiger partial charge in [0.15, 0.2) is 11.5 Å². The van der Waals surface area contributed by atoms with Crippen molar-refractivity contribution in [1.29, 1.82) is 0 Å². The predicted octanol–water partition coefficient (Wildman–Crippen LogP) is 2.70. The van der Waals surface area contributed by atoms with Crippen molar-refractivity contribution in [2.75, 3.05) is 18.1 Å². The summed E-state index contributed by atoms with van der Waals surface area (Å²) in [5, 5.41) is 2.82. The zero-order valence-corrected chi connectivity index (χ0v) is 15.5. The number of rotatable bonds is 4. The molecular weight excluding hydrogens is 342 g/mol. The van der Waals surface area contributed by atoms with E-state index in [1.54, 1.807) is 18.2 Å². The largest absolute Gasteiger partial charge is 0.440 e. The van der Waals surface area contributed by atoms with E-state index in [2.05, 4.69) is 10.3 Å². The first-order valence-electron chi connectivity index (χ1n) is 8.44. The number of piperidine rings is 1. The van der Waals surface area contributed by atoms with Gasteiger partial charge in [-0.25, -0.2) is 13.4 Å². The number of nitrogens with one attached hydrogen (secondary N) is 1. The van der Waals surface area contributed by atoms with Crippen LogP contribution in [0, 0.1) is 0 Å². The first-order valence-corrected chi connectivity index (χ1v) is 10.3. The number of nitrogens with zero attached hydrogens (tertiary/aromatic N) is 2. The van der Waals surface area contributed by atoms with Crippen molar-refractivity contribution in [2.45, 2.75) is 45.1 Å². The van der Waals surface area contributed by atoms with Crippen LogP contribution in [0.25, 0.3) is 11.1 Å². The van der Waals surface area contributed by atoms with Gasteiger partial charge < -0.3 is 9.73 Å². The number of sulfonamides is 1. The maximum Gasteiger partial charge on any atom is 0.242 e. The van der Waals surface area contributed by atoms with Crippen LogP contribution in [0.1, 0.15) is 44.9 Å². The molecule has 7 nitrogen and oxygen atoms in total. The zero-order chi connectivity index (χ0) is 18.2. The molecule has 0 bridgehead atoms. The van der Waals surface area contributed by atoms with Crippen molar-refractivity contribution >= 4 is 32.7 Å². The van der Waals surface area contributed by atoms with Crippen molar-refractivity contribution in [1.82, 2.24) is 9.29 Å². The Labute approximate surface area is 147 Å². The van der Waals surface area contributed by atoms with Gasteiger partial charge in [-0.1, -0.05) is 20.3 Å². The Morgan fingerprint density at radius 1 is 1.36 bits per heavy atom. The smallest absolute Gasteiger partial charge is 0.242 e. The van der Waals surface area contributed by atoms with Gasteiger partial charge in [-0.3, -0.25) is 4.79 Å². The quantitative estimate of drug-likeness (QED) is 0.899. The number of hydrogen-bond acceptors (Lipinski definition) is 5. The van der Waals surface area contributed by atoms with Gasteiger partial charge in [-0.15, -0.1) is 0 Å². The van der Waals surface area contributed by atoms with Crippen LogP contribution in [0.2, 0.25) is 0 Å². The first kappa shape index (κ1) is 17.9. The molecule has 2 heterocycles. The molecule has 1 aromatic carbocycles. The molecule has 8 heteroatoms. The first-order chi connectivity index (χ1) is 11.8. The number of oxazole rings is 1. The summed E-state index contributed by atoms with van der Waals surface area (Å²) in [6.07, 6.45) is 3.29. The summed E-state index contributed by atoms with van der Waals surface area (Å²) in [5.74, 6) is 0.516. The average molecular weight is 365 g/mol. The molecule has 25 heavy (non-hydrogen) atoms. The third kappa shape index (κ3) is 3.85. The van der Waals surface area contributed by atoms with Crippen LogP contribution >= 0.6 is 0 Å². The molecule has 1 aromatic heterocycles. The fourth-order valence-electron chi connectivity index (χ4n) is 3.06. The summed E-state index contributed by atoms with van der Waals surface area (Å²) in [5.41, 5.74) is 1.92. The van der Waals surface area contributed by atoms with Crippen molar-refractivity contribution in [3.63, 3.8) is 0 Å². The molecule has 0 saturated carbocycles. The summed E-state index contributed by atoms with van der Waals surface area (Å²) < 4.78 is 30.8. The minimum Gasteiger partial charge on any atom is -0.440 e. The molecule has 1 aliphatic heterocycles. The normalized spacial score (nSPS) is 19.4. The Kier molecular flexibility index (Phi) is 4.83. The fourth-order valence-corrected chi connectivity index (χ4v) is 4.18. The van der Waals surface area contributed by atoms with Gasteiger partial charge in [-0.2, -0.15) is 4.31 Å². The van der Waals surface area contributed by atoms with E-state index in [0.29, 0.717) is 35.6 Å². The van der Waals surface area contributed by atoms with Gasteiger partial charge in [0, 0.05) is 18.2 Å². The summed E-state index contributed by atoms with van der Waals surface area (Å²) in [6.45, 7) is 4.38. The highest BCUT2D eigenvalue weighted by molar-refractivity contribution is 7.88. The molecule has 1 aliphatic rings. The highest BCUT2D eigenvalue weighted by Gasteiger charge is 2.34. The lowest BCUT2D eigenvalue weighted by Crippen LogP contribution is -2.49. The molecular formula is C17H23N3O4S. The van der Waals surface area contributed by atoms with Gasteiger partial charge in [0.1, 0.15) is 11.6 Å². The third-order valence-corrected chi connectivity index (χ3v) is 5.64. The Bertz CT molecular complexity index is 888. The molecule has 1 unspecified atom stereocenters. The second-order valence-corrected chi connectivity index (χ2v) is 8.70. The van der Waals surface area contributed by atoms with E-state index in [1.807, 2.05) is 13.8 Å². The lowest BCUT2D eigenvalue weighted by molar-refractivity contribution is -0.120. The number of amides is 1. The number of carbonyl (C=O) groups is 1. The van der Waals surface area contributed by atoms with Crippen molar-refractivity contribution in [3.05, 3.63) is 24.1 Å². The van der Waals surface area contributed by atoms with E-state index in [9.17, 15) is 13.2 Å². The van der Waals surface area contributed by atoms with E-state index >= 15 is 0 Å². The molecule has 1 saturated heterocycles. The summed E-state index contributed by atoms with van der Waals surface area (Å²) in [6, 6.07) is 4.58. The summed E-state index contributed by atoms with van der Waals surface area (Å²) in [7, 11) is -3.41. The molecule has 0 spiro atoms. The van der Waals surface area contributed by atoms with Crippen molar-refractivity contribution < 1.29 is 17.6 Å². The molecule has 2 aromatic rings. The van der Waals surface area contributed by atoms with Gasteiger partial charge >= 0.3 is 0 Å². The Balaban J connectivity index is 1.81. The van der Waals surface area contributed by atoms with Crippen LogP contribution < -0.4 is 5.32 Å². The minimum atomic E-state index is -3.41. The SMILES string of the molecule is CC(C)c1nc2cc(NC(=O)C3CCCCN3S(C)(=O)=O)ccc2o1. The number of aromatic nitrogens is 1. The number of anilines is 1. The Morgan fingerprint density at radius 2 is 2.12 bits per heavy atom. The Hall–Kier alpha value is -1.93. The van der Waals surface area contributed by atoms with E-state index in [4.69, 9.17) is 4.42 Å². The highest BCUT2D eigenvalue weighted by Crippen LogP contribution is 2.25. The lowest BCUT2D eigenvalue weighted by atomic mass is 10.0. The van der Waals surface area contributed by atoms with Gasteiger partial charge in [0.05, 0.1) is 6.26 Å². The van der Waals surface area contributed by atoms with Crippen LogP contribution in [0.15, 0.2) is 22.6 Å². The number of benzene rings is 1. The predicted molar refractivity (Wildman–Crippen MR) is 95.9 cm³/mol. The zero-order valence-electron chi connectivity index (χ0n) is 14.7. The summed E-state index contributed by atoms with van der Waals surface area (Å²) in [4.78, 5) is 17.0. The van der Waals surface area contributed by atoms with E-state index in [0.717, 1.165) is 19.1 Å². The molecule has 1 fully saturated rings. The molecule has 0 radical (unpaired) electrons. The molecule has 1 N–H and O–H groups in total. The van der Waals surface area contributed by atoms with Gasteiger partial charge in [-0.05, 0) is 31.0 Å². The van der Waals surface area contributed by atoms with Crippen LogP contribution in [-0.2, 0) is 14.8 Å². The van der Waals surface area contributed by atoms with Crippen molar-refractivity contribution in [2.24, 2.45) is 0 Å². The average Bonchev–Trinajstić information content (AvgIpc) is 2.97. The van der Waals surface area contributed by atoms with Crippen LogP contribution in [-0.4, -0.2) is 42.5 Å². The second-order valence-electron chi connectivity index (χ2n) is 6.76. The van der Waals surface area contributed by atoms with Crippen LogP contribution in [0.5, 0.6) is 0 Å². The maximum atomic E-state index is 12.6. The number of carbonyl (C=O) groups excluding carboxylic acids is 1. The topological polar surface area (TPSA) is 92.5 Å². The number of fused-ring (bicyclic) bond motifs is 1. The van der Waals surface area contributed by atoms with Gasteiger partial charge in [0.25, 0.3) is 0 Å². The lowest BCUT2D eigenvalue weighted by Gasteiger charge is -2.32. The van der Waals surface area contributed by atoms with E-state index < -0.39 is 16.1 Å². The summed E-state index contributed by atoms with van der Waals surface area (Å²) >= 11 is 0. The molecule has 3 rings (SSSR count). The monoisotopic (exact) mass is 365 g/mol. The second kappa shape index (κ2) is 6.76. The molecule has 1 atom stereocenters. The molecule has 136 valence electrons. The fraction of sp³-hybridized carbons (Fsp3) is 0.529. The van der Waals surface area contributed by atoms with Crippen LogP contribution in [0.3, 0.4) is 0 Å². The van der Waals surface area contributed by atoms with E-state index in [-0.39, 0.29) is 11.8 Å². The molecule has 0 aliphatic carbocycles. The standard InChI is InChI=1S/C17H23N3O4S/c1-11(2)17-19-13-10-12(7-8-15(13)24-17)18-16(21)14-6-4-5-9-20(14)25(3,22)23/h7-8,10-11,14H,4-6,9H2,1-3H3,(H,18,21). The van der Waals surface area contributed by atoms with Crippen molar-refractivity contribution in [3.8, 4) is 0 Å². The number of hydrogen-bond donors (Lipinski definition) is 1. The molecule has 1 amide bonds. The third-order valence-electron chi connectivity index (χ3n) is 4.35. The Morgan fingerprint density at radius 3 is 2.80 bits per heavy atom. The van der Waals surface area contributed by atoms with E-state index in [1.165, 1.54) is 4.31 Å².